The van der Waals surface area contributed by atoms with E-state index in [1.807, 2.05) is 60.8 Å². The van der Waals surface area contributed by atoms with Crippen molar-refractivity contribution < 1.29 is 47.6 Å². The quantitative estimate of drug-likeness (QED) is 0.101. The number of carboxylic acid groups (broad SMARTS) is 2. The Morgan fingerprint density at radius 1 is 0.907 bits per heavy atom. The first-order chi connectivity index (χ1) is 20.5. The van der Waals surface area contributed by atoms with E-state index in [1.54, 1.807) is 0 Å². The van der Waals surface area contributed by atoms with Gasteiger partial charge in [-0.15, -0.1) is 0 Å². The topological polar surface area (TPSA) is 141 Å². The Morgan fingerprint density at radius 2 is 1.58 bits per heavy atom. The molecule has 0 radical (unpaired) electrons. The Morgan fingerprint density at radius 3 is 2.21 bits per heavy atom. The lowest BCUT2D eigenvalue weighted by Crippen LogP contribution is -2.32. The lowest BCUT2D eigenvalue weighted by molar-refractivity contribution is -0.137. The van der Waals surface area contributed by atoms with Crippen LogP contribution in [0.1, 0.15) is 23.7 Å². The number of benzene rings is 3. The normalized spacial score (nSPS) is 12.7. The molecule has 4 rings (SSSR count). The van der Waals surface area contributed by atoms with Crippen molar-refractivity contribution >= 4 is 22.8 Å². The molecule has 4 aromatic rings. The number of H-pyrrole nitrogens is 1. The van der Waals surface area contributed by atoms with Crippen LogP contribution in [-0.2, 0) is 15.8 Å². The van der Waals surface area contributed by atoms with Crippen LogP contribution in [0.15, 0.2) is 97.2 Å². The number of aliphatic hydroxyl groups is 1. The van der Waals surface area contributed by atoms with Crippen LogP contribution in [-0.4, -0.2) is 58.0 Å². The molecule has 0 aliphatic heterocycles. The Labute approximate surface area is 245 Å². The van der Waals surface area contributed by atoms with Crippen LogP contribution < -0.4 is 14.8 Å². The van der Waals surface area contributed by atoms with Gasteiger partial charge in [-0.1, -0.05) is 36.4 Å². The number of ether oxygens (including phenoxy) is 2. The molecule has 5 N–H and O–H groups in total. The number of alkyl halides is 3. The van der Waals surface area contributed by atoms with Crippen molar-refractivity contribution in [3.63, 3.8) is 0 Å². The second-order valence-electron chi connectivity index (χ2n) is 9.20. The first-order valence-corrected chi connectivity index (χ1v) is 13.1. The molecular weight excluding hydrogens is 569 g/mol. The number of aromatic nitrogens is 1. The summed E-state index contributed by atoms with van der Waals surface area (Å²) < 4.78 is 50.3. The molecule has 2 unspecified atom stereocenters. The summed E-state index contributed by atoms with van der Waals surface area (Å²) in [5.74, 6) is -1.45. The summed E-state index contributed by atoms with van der Waals surface area (Å²) in [6.07, 6.45) is -1.95. The average molecular weight is 601 g/mol. The van der Waals surface area contributed by atoms with Gasteiger partial charge in [-0.2, -0.15) is 13.2 Å². The van der Waals surface area contributed by atoms with Crippen LogP contribution in [0.3, 0.4) is 0 Å². The fraction of sp³-hybridized carbons (Fsp3) is 0.226. The van der Waals surface area contributed by atoms with E-state index in [4.69, 9.17) is 19.7 Å². The fourth-order valence-electron chi connectivity index (χ4n) is 3.92. The highest BCUT2D eigenvalue weighted by molar-refractivity contribution is 5.89. The van der Waals surface area contributed by atoms with Gasteiger partial charge in [-0.05, 0) is 54.6 Å². The summed E-state index contributed by atoms with van der Waals surface area (Å²) in [6.45, 7) is 0.997. The predicted octanol–water partition coefficient (Wildman–Crippen LogP) is 5.44. The molecule has 1 aromatic heterocycles. The van der Waals surface area contributed by atoms with Crippen molar-refractivity contribution in [2.24, 2.45) is 0 Å². The molecule has 0 saturated carbocycles. The summed E-state index contributed by atoms with van der Waals surface area (Å²) in [5.41, 5.74) is 1.17. The molecule has 2 atom stereocenters. The predicted molar refractivity (Wildman–Crippen MR) is 153 cm³/mol. The molecule has 1 heterocycles. The van der Waals surface area contributed by atoms with E-state index in [0.29, 0.717) is 43.2 Å². The highest BCUT2D eigenvalue weighted by Gasteiger charge is 2.30. The maximum absolute atomic E-state index is 12.8. The van der Waals surface area contributed by atoms with Crippen molar-refractivity contribution in [1.82, 2.24) is 10.3 Å². The molecule has 228 valence electrons. The molecule has 0 aliphatic rings. The second-order valence-corrected chi connectivity index (χ2v) is 9.20. The van der Waals surface area contributed by atoms with E-state index in [0.717, 1.165) is 28.6 Å². The van der Waals surface area contributed by atoms with Crippen LogP contribution in [0.25, 0.3) is 10.9 Å². The van der Waals surface area contributed by atoms with E-state index in [9.17, 15) is 27.9 Å². The minimum atomic E-state index is -4.39. The zero-order chi connectivity index (χ0) is 31.2. The number of aliphatic hydroxyl groups excluding tert-OH is 1. The van der Waals surface area contributed by atoms with E-state index >= 15 is 0 Å². The van der Waals surface area contributed by atoms with Gasteiger partial charge in [0.25, 0.3) is 0 Å². The fourth-order valence-corrected chi connectivity index (χ4v) is 3.92. The highest BCUT2D eigenvalue weighted by atomic mass is 19.4. The third kappa shape index (κ3) is 11.2. The number of aromatic amines is 1. The second kappa shape index (κ2) is 16.0. The number of rotatable bonds is 13. The molecule has 0 amide bonds. The third-order valence-corrected chi connectivity index (χ3v) is 5.95. The first-order valence-electron chi connectivity index (χ1n) is 13.1. The van der Waals surface area contributed by atoms with E-state index in [-0.39, 0.29) is 12.7 Å². The molecule has 43 heavy (non-hydrogen) atoms. The van der Waals surface area contributed by atoms with Crippen molar-refractivity contribution in [3.8, 4) is 11.5 Å². The van der Waals surface area contributed by atoms with Crippen molar-refractivity contribution in [3.05, 3.63) is 108 Å². The summed E-state index contributed by atoms with van der Waals surface area (Å²) in [7, 11) is 0. The first kappa shape index (κ1) is 32.7. The maximum atomic E-state index is 12.8. The number of hydrogen-bond acceptors (Lipinski definition) is 6. The Balaban J connectivity index is 0.000000557. The zero-order valence-electron chi connectivity index (χ0n) is 22.8. The molecule has 0 bridgehead atoms. The number of nitrogens with one attached hydrogen (secondary N) is 2. The molecule has 0 aliphatic carbocycles. The molecule has 12 heteroatoms. The minimum absolute atomic E-state index is 0.140. The van der Waals surface area contributed by atoms with Crippen LogP contribution in [0, 0.1) is 0 Å². The van der Waals surface area contributed by atoms with Gasteiger partial charge in [0.2, 0.25) is 0 Å². The van der Waals surface area contributed by atoms with Gasteiger partial charge < -0.3 is 35.1 Å². The highest BCUT2D eigenvalue weighted by Crippen LogP contribution is 2.32. The number of carboxylic acids is 2. The largest absolute Gasteiger partial charge is 0.490 e. The Hall–Kier alpha value is -4.81. The van der Waals surface area contributed by atoms with E-state index < -0.39 is 29.8 Å². The number of fused-ring (bicyclic) bond motifs is 1. The number of hydrogen-bond donors (Lipinski definition) is 5. The summed E-state index contributed by atoms with van der Waals surface area (Å²) in [5, 5.41) is 30.1. The van der Waals surface area contributed by atoms with Gasteiger partial charge in [-0.3, -0.25) is 0 Å². The van der Waals surface area contributed by atoms with E-state index in [2.05, 4.69) is 10.3 Å². The number of carbonyl (C=O) groups is 2. The minimum Gasteiger partial charge on any atom is -0.490 e. The van der Waals surface area contributed by atoms with Gasteiger partial charge in [0, 0.05) is 42.2 Å². The van der Waals surface area contributed by atoms with Gasteiger partial charge in [0.1, 0.15) is 30.3 Å². The van der Waals surface area contributed by atoms with Crippen LogP contribution in [0.4, 0.5) is 13.2 Å². The van der Waals surface area contributed by atoms with Crippen LogP contribution in [0.2, 0.25) is 0 Å². The standard InChI is InChI=1S/C27H27F3N2O3.C4H4O4/c28-27(29,30)20-9-11-22(12-10-20)35-25(19-5-2-1-3-6-19)14-15-31-17-21(33)18-34-26-8-4-7-24-23(26)13-16-32-24;5-3(6)1-2-4(7)8/h1-13,16,21,25,31-33H,14-15,17-18H2;1-2H,(H,5,6)(H,7,8)/b;2-1+. The molecule has 0 saturated heterocycles. The van der Waals surface area contributed by atoms with E-state index in [1.165, 1.54) is 12.1 Å². The molecular formula is C31H31F3N2O7. The maximum Gasteiger partial charge on any atom is 0.416 e. The summed E-state index contributed by atoms with van der Waals surface area (Å²) in [4.78, 5) is 22.2. The zero-order valence-corrected chi connectivity index (χ0v) is 22.8. The lowest BCUT2D eigenvalue weighted by Gasteiger charge is -2.21. The average Bonchev–Trinajstić information content (AvgIpc) is 3.47. The van der Waals surface area contributed by atoms with Crippen molar-refractivity contribution in [2.75, 3.05) is 19.7 Å². The molecule has 0 spiro atoms. The summed E-state index contributed by atoms with van der Waals surface area (Å²) >= 11 is 0. The van der Waals surface area contributed by atoms with Crippen LogP contribution in [0.5, 0.6) is 11.5 Å². The SMILES string of the molecule is O=C(O)/C=C/C(=O)O.OC(CNCCC(Oc1ccc(C(F)(F)F)cc1)c1ccccc1)COc1cccc2[nH]ccc12. The molecule has 3 aromatic carbocycles. The number of halogens is 3. The molecule has 9 nitrogen and oxygen atoms in total. The van der Waals surface area contributed by atoms with Crippen LogP contribution >= 0.6 is 0 Å². The van der Waals surface area contributed by atoms with Gasteiger partial charge >= 0.3 is 18.1 Å². The third-order valence-electron chi connectivity index (χ3n) is 5.95. The van der Waals surface area contributed by atoms with Crippen molar-refractivity contribution in [2.45, 2.75) is 24.8 Å². The Kier molecular flexibility index (Phi) is 12.2. The van der Waals surface area contributed by atoms with Gasteiger partial charge in [0.15, 0.2) is 0 Å². The summed E-state index contributed by atoms with van der Waals surface area (Å²) in [6, 6.07) is 21.8. The monoisotopic (exact) mass is 600 g/mol. The smallest absolute Gasteiger partial charge is 0.416 e. The van der Waals surface area contributed by atoms with Gasteiger partial charge in [0.05, 0.1) is 5.56 Å². The molecule has 0 fully saturated rings. The van der Waals surface area contributed by atoms with Crippen molar-refractivity contribution in [1.29, 1.82) is 0 Å². The number of aliphatic carboxylic acids is 2. The lowest BCUT2D eigenvalue weighted by atomic mass is 10.1. The van der Waals surface area contributed by atoms with Gasteiger partial charge in [-0.25, -0.2) is 9.59 Å². The Bertz CT molecular complexity index is 1460.